The minimum atomic E-state index is -0.723. The van der Waals surface area contributed by atoms with Crippen LogP contribution < -0.4 is 10.9 Å². The van der Waals surface area contributed by atoms with Gasteiger partial charge in [-0.1, -0.05) is 54.2 Å². The Morgan fingerprint density at radius 1 is 1.04 bits per heavy atom. The monoisotopic (exact) mass is 399 g/mol. The van der Waals surface area contributed by atoms with Gasteiger partial charge in [0.2, 0.25) is 5.91 Å². The third-order valence-corrected chi connectivity index (χ3v) is 4.80. The van der Waals surface area contributed by atoms with Crippen LogP contribution in [0.15, 0.2) is 59.8 Å². The molecule has 0 radical (unpaired) electrons. The topological polar surface area (TPSA) is 88.9 Å². The number of thioether (sulfide) groups is 1. The molecule has 0 bridgehead atoms. The quantitative estimate of drug-likeness (QED) is 0.491. The molecule has 0 atom stereocenters. The molecule has 2 N–H and O–H groups in total. The van der Waals surface area contributed by atoms with Crippen molar-refractivity contribution >= 4 is 23.6 Å². The Morgan fingerprint density at radius 2 is 1.75 bits per heavy atom. The zero-order valence-electron chi connectivity index (χ0n) is 15.1. The van der Waals surface area contributed by atoms with Gasteiger partial charge in [0.05, 0.1) is 11.3 Å². The van der Waals surface area contributed by atoms with E-state index in [9.17, 15) is 14.0 Å². The van der Waals surface area contributed by atoms with Gasteiger partial charge in [-0.3, -0.25) is 20.4 Å². The van der Waals surface area contributed by atoms with E-state index >= 15 is 0 Å². The highest BCUT2D eigenvalue weighted by Gasteiger charge is 2.15. The summed E-state index contributed by atoms with van der Waals surface area (Å²) < 4.78 is 15.5. The summed E-state index contributed by atoms with van der Waals surface area (Å²) in [5.74, 6) is -1.09. The first-order chi connectivity index (χ1) is 13.6. The van der Waals surface area contributed by atoms with Crippen molar-refractivity contribution in [2.75, 3.05) is 5.75 Å². The average molecular weight is 399 g/mol. The van der Waals surface area contributed by atoms with Gasteiger partial charge >= 0.3 is 0 Å². The zero-order valence-corrected chi connectivity index (χ0v) is 15.9. The van der Waals surface area contributed by atoms with Crippen LogP contribution in [0.5, 0.6) is 0 Å². The molecule has 144 valence electrons. The minimum Gasteiger partial charge on any atom is -0.302 e. The Morgan fingerprint density at radius 3 is 2.46 bits per heavy atom. The van der Waals surface area contributed by atoms with Crippen molar-refractivity contribution in [3.05, 3.63) is 66.0 Å². The Bertz CT molecular complexity index is 977. The first-order valence-corrected chi connectivity index (χ1v) is 9.53. The minimum absolute atomic E-state index is 0.0183. The van der Waals surface area contributed by atoms with Crippen molar-refractivity contribution in [2.45, 2.75) is 18.6 Å². The predicted octanol–water partition coefficient (Wildman–Crippen LogP) is 2.66. The van der Waals surface area contributed by atoms with Crippen molar-refractivity contribution in [1.29, 1.82) is 0 Å². The van der Waals surface area contributed by atoms with Crippen LogP contribution in [0.1, 0.15) is 17.3 Å². The number of halogens is 1. The number of hydrazine groups is 1. The number of amides is 2. The van der Waals surface area contributed by atoms with E-state index < -0.39 is 17.6 Å². The second-order valence-corrected chi connectivity index (χ2v) is 6.63. The smallest absolute Gasteiger partial charge is 0.272 e. The molecule has 1 heterocycles. The molecular formula is C19H18FN5O2S. The fourth-order valence-corrected chi connectivity index (χ4v) is 3.29. The molecule has 9 heteroatoms. The number of carbonyl (C=O) groups excluding carboxylic acids is 2. The largest absolute Gasteiger partial charge is 0.302 e. The van der Waals surface area contributed by atoms with E-state index in [0.29, 0.717) is 11.7 Å². The van der Waals surface area contributed by atoms with Crippen molar-refractivity contribution in [2.24, 2.45) is 0 Å². The summed E-state index contributed by atoms with van der Waals surface area (Å²) in [6.07, 6.45) is 0. The number of nitrogens with zero attached hydrogens (tertiary/aromatic N) is 3. The highest BCUT2D eigenvalue weighted by atomic mass is 32.2. The number of benzene rings is 2. The van der Waals surface area contributed by atoms with Crippen LogP contribution in [0.3, 0.4) is 0 Å². The fraction of sp³-hybridized carbons (Fsp3) is 0.158. The van der Waals surface area contributed by atoms with E-state index in [1.165, 1.54) is 36.0 Å². The summed E-state index contributed by atoms with van der Waals surface area (Å²) in [6, 6.07) is 15.2. The van der Waals surface area contributed by atoms with Gasteiger partial charge < -0.3 is 4.57 Å². The zero-order chi connectivity index (χ0) is 19.9. The maximum Gasteiger partial charge on any atom is 0.272 e. The van der Waals surface area contributed by atoms with Gasteiger partial charge in [-0.25, -0.2) is 4.39 Å². The van der Waals surface area contributed by atoms with Crippen LogP contribution in [0.25, 0.3) is 11.4 Å². The molecule has 0 aliphatic heterocycles. The maximum atomic E-state index is 13.6. The van der Waals surface area contributed by atoms with Crippen LogP contribution in [-0.4, -0.2) is 32.3 Å². The van der Waals surface area contributed by atoms with Gasteiger partial charge in [-0.05, 0) is 19.1 Å². The highest BCUT2D eigenvalue weighted by Crippen LogP contribution is 2.23. The standard InChI is InChI=1S/C19H18FN5O2S/c1-2-25-17(13-8-4-3-5-9-13)22-24-19(25)28-12-16(26)21-23-18(27)14-10-6-7-11-15(14)20/h3-11H,2,12H2,1H3,(H,21,26)(H,23,27). The molecule has 28 heavy (non-hydrogen) atoms. The molecule has 1 aromatic heterocycles. The Labute approximate surface area is 165 Å². The summed E-state index contributed by atoms with van der Waals surface area (Å²) in [4.78, 5) is 23.9. The normalized spacial score (nSPS) is 10.5. The summed E-state index contributed by atoms with van der Waals surface area (Å²) >= 11 is 1.20. The fourth-order valence-electron chi connectivity index (χ4n) is 2.49. The van der Waals surface area contributed by atoms with E-state index in [4.69, 9.17) is 0 Å². The Kier molecular flexibility index (Phi) is 6.38. The van der Waals surface area contributed by atoms with E-state index in [-0.39, 0.29) is 11.3 Å². The molecule has 0 saturated carbocycles. The third kappa shape index (κ3) is 4.55. The van der Waals surface area contributed by atoms with Gasteiger partial charge in [0.1, 0.15) is 5.82 Å². The molecule has 0 unspecified atom stereocenters. The van der Waals surface area contributed by atoms with Crippen LogP contribution >= 0.6 is 11.8 Å². The molecule has 0 saturated heterocycles. The number of carbonyl (C=O) groups is 2. The number of nitrogens with one attached hydrogen (secondary N) is 2. The second-order valence-electron chi connectivity index (χ2n) is 5.69. The second kappa shape index (κ2) is 9.14. The predicted molar refractivity (Wildman–Crippen MR) is 104 cm³/mol. The molecule has 3 rings (SSSR count). The van der Waals surface area contributed by atoms with Crippen molar-refractivity contribution in [3.8, 4) is 11.4 Å². The lowest BCUT2D eigenvalue weighted by molar-refractivity contribution is -0.119. The third-order valence-electron chi connectivity index (χ3n) is 3.83. The molecule has 0 fully saturated rings. The molecule has 7 nitrogen and oxygen atoms in total. The number of aromatic nitrogens is 3. The van der Waals surface area contributed by atoms with Crippen LogP contribution in [0.4, 0.5) is 4.39 Å². The van der Waals surface area contributed by atoms with Crippen molar-refractivity contribution in [1.82, 2.24) is 25.6 Å². The molecule has 0 aliphatic rings. The van der Waals surface area contributed by atoms with E-state index in [0.717, 1.165) is 11.4 Å². The van der Waals surface area contributed by atoms with E-state index in [1.54, 1.807) is 0 Å². The average Bonchev–Trinajstić information content (AvgIpc) is 3.14. The molecular weight excluding hydrogens is 381 g/mol. The lowest BCUT2D eigenvalue weighted by atomic mass is 10.2. The van der Waals surface area contributed by atoms with Gasteiger partial charge in [0.25, 0.3) is 5.91 Å². The molecule has 2 amide bonds. The lowest BCUT2D eigenvalue weighted by Crippen LogP contribution is -2.42. The van der Waals surface area contributed by atoms with Gasteiger partial charge in [0, 0.05) is 12.1 Å². The van der Waals surface area contributed by atoms with Crippen LogP contribution in [-0.2, 0) is 11.3 Å². The Balaban J connectivity index is 1.57. The van der Waals surface area contributed by atoms with E-state index in [2.05, 4.69) is 21.0 Å². The van der Waals surface area contributed by atoms with Crippen LogP contribution in [0.2, 0.25) is 0 Å². The summed E-state index contributed by atoms with van der Waals surface area (Å²) in [7, 11) is 0. The van der Waals surface area contributed by atoms with Gasteiger partial charge in [-0.15, -0.1) is 10.2 Å². The summed E-state index contributed by atoms with van der Waals surface area (Å²) in [5.41, 5.74) is 5.26. The maximum absolute atomic E-state index is 13.6. The Hall–Kier alpha value is -3.20. The molecule has 0 aliphatic carbocycles. The number of rotatable bonds is 6. The highest BCUT2D eigenvalue weighted by molar-refractivity contribution is 7.99. The summed E-state index contributed by atoms with van der Waals surface area (Å²) in [5, 5.41) is 8.95. The molecule has 3 aromatic rings. The van der Waals surface area contributed by atoms with E-state index in [1.807, 2.05) is 41.8 Å². The van der Waals surface area contributed by atoms with Crippen molar-refractivity contribution in [3.63, 3.8) is 0 Å². The molecule has 2 aromatic carbocycles. The number of hydrogen-bond donors (Lipinski definition) is 2. The first kappa shape index (κ1) is 19.6. The lowest BCUT2D eigenvalue weighted by Gasteiger charge is -2.09. The number of hydrogen-bond acceptors (Lipinski definition) is 5. The van der Waals surface area contributed by atoms with Crippen molar-refractivity contribution < 1.29 is 14.0 Å². The molecule has 0 spiro atoms. The van der Waals surface area contributed by atoms with Crippen LogP contribution in [0, 0.1) is 5.82 Å². The first-order valence-electron chi connectivity index (χ1n) is 8.55. The summed E-state index contributed by atoms with van der Waals surface area (Å²) in [6.45, 7) is 2.61. The SMILES string of the molecule is CCn1c(SCC(=O)NNC(=O)c2ccccc2F)nnc1-c1ccccc1. The van der Waals surface area contributed by atoms with Gasteiger partial charge in [0.15, 0.2) is 11.0 Å². The van der Waals surface area contributed by atoms with Gasteiger partial charge in [-0.2, -0.15) is 0 Å².